The molecule has 0 amide bonds. The van der Waals surface area contributed by atoms with Crippen molar-refractivity contribution in [2.75, 3.05) is 31.4 Å². The summed E-state index contributed by atoms with van der Waals surface area (Å²) in [6, 6.07) is 9.47. The molecule has 0 aliphatic rings. The Kier molecular flexibility index (Phi) is 5.23. The number of hydrogen-bond donors (Lipinski definition) is 2. The molecule has 6 nitrogen and oxygen atoms in total. The zero-order chi connectivity index (χ0) is 17.0. The van der Waals surface area contributed by atoms with Gasteiger partial charge in [0.2, 0.25) is 10.0 Å². The van der Waals surface area contributed by atoms with E-state index >= 15 is 0 Å². The third kappa shape index (κ3) is 4.20. The molecular weight excluding hydrogens is 312 g/mol. The monoisotopic (exact) mass is 334 g/mol. The summed E-state index contributed by atoms with van der Waals surface area (Å²) in [6.45, 7) is 2.70. The van der Waals surface area contributed by atoms with Crippen LogP contribution >= 0.6 is 0 Å². The Morgan fingerprint density at radius 2 is 1.91 bits per heavy atom. The molecule has 1 aromatic carbocycles. The van der Waals surface area contributed by atoms with Gasteiger partial charge < -0.3 is 10.2 Å². The second-order valence-electron chi connectivity index (χ2n) is 5.45. The molecule has 0 radical (unpaired) electrons. The molecule has 0 aliphatic heterocycles. The van der Waals surface area contributed by atoms with Gasteiger partial charge in [-0.15, -0.1) is 0 Å². The highest BCUT2D eigenvalue weighted by atomic mass is 32.2. The van der Waals surface area contributed by atoms with E-state index in [0.717, 1.165) is 5.69 Å². The fourth-order valence-electron chi connectivity index (χ4n) is 2.10. The van der Waals surface area contributed by atoms with Crippen LogP contribution in [-0.2, 0) is 16.6 Å². The Morgan fingerprint density at radius 3 is 2.43 bits per heavy atom. The summed E-state index contributed by atoms with van der Waals surface area (Å²) in [6.07, 6.45) is 1.34. The van der Waals surface area contributed by atoms with E-state index in [2.05, 4.69) is 45.0 Å². The molecule has 23 heavy (non-hydrogen) atoms. The van der Waals surface area contributed by atoms with Crippen LogP contribution in [0.1, 0.15) is 11.1 Å². The molecule has 0 saturated heterocycles. The minimum absolute atomic E-state index is 0.150. The molecule has 0 saturated carbocycles. The first kappa shape index (κ1) is 17.2. The number of anilines is 2. The first-order valence-electron chi connectivity index (χ1n) is 7.24. The highest BCUT2D eigenvalue weighted by molar-refractivity contribution is 7.89. The van der Waals surface area contributed by atoms with E-state index in [1.54, 1.807) is 6.07 Å². The van der Waals surface area contributed by atoms with Crippen molar-refractivity contribution in [1.29, 1.82) is 0 Å². The van der Waals surface area contributed by atoms with E-state index in [-0.39, 0.29) is 4.90 Å². The lowest BCUT2D eigenvalue weighted by molar-refractivity contribution is 0.588. The zero-order valence-corrected chi connectivity index (χ0v) is 14.6. The van der Waals surface area contributed by atoms with Gasteiger partial charge in [0.15, 0.2) is 0 Å². The van der Waals surface area contributed by atoms with Gasteiger partial charge in [0.25, 0.3) is 0 Å². The van der Waals surface area contributed by atoms with E-state index in [4.69, 9.17) is 0 Å². The summed E-state index contributed by atoms with van der Waals surface area (Å²) in [7, 11) is 1.95. The van der Waals surface area contributed by atoms with Crippen LogP contribution in [0.2, 0.25) is 0 Å². The first-order chi connectivity index (χ1) is 10.8. The number of nitrogens with one attached hydrogen (secondary N) is 2. The van der Waals surface area contributed by atoms with Gasteiger partial charge in [-0.1, -0.05) is 6.07 Å². The summed E-state index contributed by atoms with van der Waals surface area (Å²) in [5.74, 6) is 0.635. The summed E-state index contributed by atoms with van der Waals surface area (Å²) < 4.78 is 25.6. The summed E-state index contributed by atoms with van der Waals surface area (Å²) in [4.78, 5) is 6.36. The SMILES string of the molecule is CNS(=O)(=O)c1ccc(NCc2ccc(N(C)C)cc2C)nc1. The van der Waals surface area contributed by atoms with Crippen molar-refractivity contribution in [3.63, 3.8) is 0 Å². The van der Waals surface area contributed by atoms with Crippen LogP contribution in [0.15, 0.2) is 41.4 Å². The van der Waals surface area contributed by atoms with Crippen molar-refractivity contribution < 1.29 is 8.42 Å². The van der Waals surface area contributed by atoms with Crippen LogP contribution in [0.25, 0.3) is 0 Å². The fraction of sp³-hybridized carbons (Fsp3) is 0.312. The van der Waals surface area contributed by atoms with E-state index in [1.807, 2.05) is 14.1 Å². The second-order valence-corrected chi connectivity index (χ2v) is 7.33. The number of aryl methyl sites for hydroxylation is 1. The molecule has 1 heterocycles. The van der Waals surface area contributed by atoms with Crippen LogP contribution in [0.3, 0.4) is 0 Å². The molecule has 0 atom stereocenters. The standard InChI is InChI=1S/C16H22N4O2S/c1-12-9-14(20(3)4)6-5-13(12)10-18-16-8-7-15(11-19-16)23(21,22)17-2/h5-9,11,17H,10H2,1-4H3,(H,18,19). The molecular formula is C16H22N4O2S. The van der Waals surface area contributed by atoms with Crippen molar-refractivity contribution in [1.82, 2.24) is 9.71 Å². The maximum Gasteiger partial charge on any atom is 0.241 e. The van der Waals surface area contributed by atoms with Crippen molar-refractivity contribution in [2.45, 2.75) is 18.4 Å². The highest BCUT2D eigenvalue weighted by Crippen LogP contribution is 2.18. The van der Waals surface area contributed by atoms with E-state index < -0.39 is 10.0 Å². The number of benzene rings is 1. The molecule has 1 aromatic heterocycles. The molecule has 0 fully saturated rings. The number of pyridine rings is 1. The molecule has 0 unspecified atom stereocenters. The van der Waals surface area contributed by atoms with E-state index in [0.29, 0.717) is 12.4 Å². The molecule has 2 aromatic rings. The van der Waals surface area contributed by atoms with Crippen LogP contribution in [-0.4, -0.2) is 34.5 Å². The van der Waals surface area contributed by atoms with E-state index in [1.165, 1.54) is 30.4 Å². The van der Waals surface area contributed by atoms with Crippen molar-refractivity contribution >= 4 is 21.5 Å². The van der Waals surface area contributed by atoms with Crippen LogP contribution in [0, 0.1) is 6.92 Å². The summed E-state index contributed by atoms with van der Waals surface area (Å²) >= 11 is 0. The Hall–Kier alpha value is -2.12. The Balaban J connectivity index is 2.07. The lowest BCUT2D eigenvalue weighted by atomic mass is 10.1. The minimum Gasteiger partial charge on any atom is -0.378 e. The van der Waals surface area contributed by atoms with E-state index in [9.17, 15) is 8.42 Å². The largest absolute Gasteiger partial charge is 0.378 e. The third-order valence-electron chi connectivity index (χ3n) is 3.62. The summed E-state index contributed by atoms with van der Waals surface area (Å²) in [5, 5.41) is 3.21. The van der Waals surface area contributed by atoms with Gasteiger partial charge in [-0.25, -0.2) is 18.1 Å². The number of nitrogens with zero attached hydrogens (tertiary/aromatic N) is 2. The van der Waals surface area contributed by atoms with Gasteiger partial charge >= 0.3 is 0 Å². The quantitative estimate of drug-likeness (QED) is 0.845. The van der Waals surface area contributed by atoms with Crippen LogP contribution < -0.4 is 14.9 Å². The highest BCUT2D eigenvalue weighted by Gasteiger charge is 2.11. The molecule has 124 valence electrons. The van der Waals surface area contributed by atoms with Crippen LogP contribution in [0.5, 0.6) is 0 Å². The van der Waals surface area contributed by atoms with Gasteiger partial charge in [-0.3, -0.25) is 0 Å². The first-order valence-corrected chi connectivity index (χ1v) is 8.72. The normalized spacial score (nSPS) is 11.3. The smallest absolute Gasteiger partial charge is 0.241 e. The Morgan fingerprint density at radius 1 is 1.17 bits per heavy atom. The molecule has 0 spiro atoms. The Labute approximate surface area is 137 Å². The maximum atomic E-state index is 11.6. The van der Waals surface area contributed by atoms with Gasteiger partial charge in [-0.2, -0.15) is 0 Å². The third-order valence-corrected chi connectivity index (χ3v) is 5.02. The lowest BCUT2D eigenvalue weighted by Gasteiger charge is -2.15. The molecule has 0 aliphatic carbocycles. The average Bonchev–Trinajstić information content (AvgIpc) is 2.54. The summed E-state index contributed by atoms with van der Waals surface area (Å²) in [5.41, 5.74) is 3.52. The number of sulfonamides is 1. The van der Waals surface area contributed by atoms with Crippen LogP contribution in [0.4, 0.5) is 11.5 Å². The maximum absolute atomic E-state index is 11.6. The number of hydrogen-bond acceptors (Lipinski definition) is 5. The van der Waals surface area contributed by atoms with Gasteiger partial charge in [0, 0.05) is 32.5 Å². The molecule has 0 bridgehead atoms. The van der Waals surface area contributed by atoms with Gasteiger partial charge in [0.05, 0.1) is 0 Å². The van der Waals surface area contributed by atoms with Gasteiger partial charge in [0.1, 0.15) is 10.7 Å². The predicted octanol–water partition coefficient (Wildman–Crippen LogP) is 1.98. The lowest BCUT2D eigenvalue weighted by Crippen LogP contribution is -2.18. The predicted molar refractivity (Wildman–Crippen MR) is 93.3 cm³/mol. The average molecular weight is 334 g/mol. The number of rotatable bonds is 6. The molecule has 7 heteroatoms. The Bertz CT molecular complexity index is 771. The fourth-order valence-corrected chi connectivity index (χ4v) is 2.78. The van der Waals surface area contributed by atoms with Crippen molar-refractivity contribution in [2.24, 2.45) is 0 Å². The second kappa shape index (κ2) is 6.97. The minimum atomic E-state index is -3.45. The van der Waals surface area contributed by atoms with Crippen molar-refractivity contribution in [3.05, 3.63) is 47.7 Å². The zero-order valence-electron chi connectivity index (χ0n) is 13.8. The molecule has 2 rings (SSSR count). The van der Waals surface area contributed by atoms with Gasteiger partial charge in [-0.05, 0) is 49.4 Å². The number of aromatic nitrogens is 1. The topological polar surface area (TPSA) is 74.3 Å². The molecule has 2 N–H and O–H groups in total. The van der Waals surface area contributed by atoms with Crippen molar-refractivity contribution in [3.8, 4) is 0 Å².